The first-order chi connectivity index (χ1) is 9.86. The van der Waals surface area contributed by atoms with Crippen molar-refractivity contribution >= 4 is 12.4 Å². The summed E-state index contributed by atoms with van der Waals surface area (Å²) >= 11 is 0. The van der Waals surface area contributed by atoms with Gasteiger partial charge < -0.3 is 14.0 Å². The Morgan fingerprint density at radius 2 is 2.10 bits per heavy atom. The third-order valence-electron chi connectivity index (χ3n) is 3.53. The van der Waals surface area contributed by atoms with Crippen molar-refractivity contribution in [1.82, 2.24) is 9.55 Å². The van der Waals surface area contributed by atoms with E-state index in [0.717, 1.165) is 30.3 Å². The van der Waals surface area contributed by atoms with Crippen LogP contribution in [0.25, 0.3) is 0 Å². The van der Waals surface area contributed by atoms with Crippen molar-refractivity contribution in [2.45, 2.75) is 38.8 Å². The number of unbranched alkanes of at least 4 members (excludes halogenated alkanes) is 1. The Labute approximate surface area is 131 Å². The Balaban J connectivity index is 0.00000161. The van der Waals surface area contributed by atoms with Gasteiger partial charge in [-0.15, -0.1) is 12.4 Å². The van der Waals surface area contributed by atoms with Gasteiger partial charge in [0.25, 0.3) is 0 Å². The number of hydrogen-bond donors (Lipinski definition) is 0. The van der Waals surface area contributed by atoms with Crippen molar-refractivity contribution in [3.63, 3.8) is 0 Å². The highest BCUT2D eigenvalue weighted by Gasteiger charge is 2.22. The van der Waals surface area contributed by atoms with E-state index in [1.807, 2.05) is 36.7 Å². The highest BCUT2D eigenvalue weighted by atomic mass is 35.5. The molecular formula is C16H21ClN2O2. The third-order valence-corrected chi connectivity index (χ3v) is 3.53. The summed E-state index contributed by atoms with van der Waals surface area (Å²) in [7, 11) is 0. The molecule has 1 aromatic carbocycles. The number of rotatable bonds is 5. The normalized spacial score (nSPS) is 16.3. The maximum Gasteiger partial charge on any atom is 0.161 e. The van der Waals surface area contributed by atoms with Crippen LogP contribution < -0.4 is 9.47 Å². The van der Waals surface area contributed by atoms with Gasteiger partial charge in [-0.2, -0.15) is 0 Å². The number of hydrogen-bond acceptors (Lipinski definition) is 3. The monoisotopic (exact) mass is 308 g/mol. The van der Waals surface area contributed by atoms with Crippen molar-refractivity contribution in [2.24, 2.45) is 0 Å². The summed E-state index contributed by atoms with van der Waals surface area (Å²) in [4.78, 5) is 4.45. The molecular weight excluding hydrogens is 288 g/mol. The molecule has 1 aliphatic heterocycles. The lowest BCUT2D eigenvalue weighted by atomic mass is 10.2. The number of aryl methyl sites for hydroxylation is 1. The van der Waals surface area contributed by atoms with Crippen molar-refractivity contribution in [3.05, 3.63) is 42.5 Å². The van der Waals surface area contributed by atoms with E-state index in [-0.39, 0.29) is 18.5 Å². The van der Waals surface area contributed by atoms with Crippen LogP contribution in [0.5, 0.6) is 11.5 Å². The molecule has 0 spiro atoms. The number of benzene rings is 1. The largest absolute Gasteiger partial charge is 0.486 e. The first kappa shape index (κ1) is 15.7. The molecule has 0 bridgehead atoms. The second-order valence-corrected chi connectivity index (χ2v) is 5.09. The van der Waals surface area contributed by atoms with Gasteiger partial charge in [-0.1, -0.05) is 25.5 Å². The molecule has 2 aromatic rings. The molecule has 3 rings (SSSR count). The van der Waals surface area contributed by atoms with Gasteiger partial charge in [0.15, 0.2) is 11.5 Å². The second-order valence-electron chi connectivity index (χ2n) is 5.09. The molecule has 21 heavy (non-hydrogen) atoms. The standard InChI is InChI=1S/C16H20N2O2.ClH/c1-2-3-9-18-10-8-17-16(18)11-13-12-19-14-6-4-5-7-15(14)20-13;/h4-8,10,13H,2-3,9,11-12H2,1H3;1H. The topological polar surface area (TPSA) is 36.3 Å². The number of nitrogens with zero attached hydrogens (tertiary/aromatic N) is 2. The minimum absolute atomic E-state index is 0. The molecule has 0 fully saturated rings. The van der Waals surface area contributed by atoms with Crippen LogP contribution in [0.15, 0.2) is 36.7 Å². The van der Waals surface area contributed by atoms with Gasteiger partial charge in [0, 0.05) is 25.4 Å². The zero-order valence-corrected chi connectivity index (χ0v) is 13.0. The molecule has 0 radical (unpaired) electrons. The molecule has 114 valence electrons. The maximum absolute atomic E-state index is 5.99. The molecule has 1 aliphatic rings. The van der Waals surface area contributed by atoms with Gasteiger partial charge in [-0.05, 0) is 18.6 Å². The molecule has 5 heteroatoms. The van der Waals surface area contributed by atoms with Crippen LogP contribution in [-0.2, 0) is 13.0 Å². The summed E-state index contributed by atoms with van der Waals surface area (Å²) in [5, 5.41) is 0. The number of para-hydroxylation sites is 2. The van der Waals surface area contributed by atoms with Gasteiger partial charge in [0.2, 0.25) is 0 Å². The van der Waals surface area contributed by atoms with E-state index in [2.05, 4.69) is 16.5 Å². The SMILES string of the molecule is CCCCn1ccnc1CC1COc2ccccc2O1.Cl. The van der Waals surface area contributed by atoms with Gasteiger partial charge in [-0.3, -0.25) is 0 Å². The predicted octanol–water partition coefficient (Wildman–Crippen LogP) is 3.49. The van der Waals surface area contributed by atoms with Crippen molar-refractivity contribution in [2.75, 3.05) is 6.61 Å². The molecule has 1 atom stereocenters. The van der Waals surface area contributed by atoms with E-state index in [9.17, 15) is 0 Å². The Morgan fingerprint density at radius 3 is 2.90 bits per heavy atom. The Morgan fingerprint density at radius 1 is 1.29 bits per heavy atom. The van der Waals surface area contributed by atoms with Crippen LogP contribution in [0.4, 0.5) is 0 Å². The lowest BCUT2D eigenvalue weighted by Crippen LogP contribution is -2.32. The number of imidazole rings is 1. The second kappa shape index (κ2) is 7.36. The number of aromatic nitrogens is 2. The molecule has 0 saturated carbocycles. The van der Waals surface area contributed by atoms with Crippen LogP contribution in [0.2, 0.25) is 0 Å². The van der Waals surface area contributed by atoms with Gasteiger partial charge >= 0.3 is 0 Å². The molecule has 0 saturated heterocycles. The summed E-state index contributed by atoms with van der Waals surface area (Å²) in [6.07, 6.45) is 7.09. The van der Waals surface area contributed by atoms with E-state index < -0.39 is 0 Å². The highest BCUT2D eigenvalue weighted by molar-refractivity contribution is 5.85. The minimum atomic E-state index is 0. The lowest BCUT2D eigenvalue weighted by Gasteiger charge is -2.26. The van der Waals surface area contributed by atoms with Crippen molar-refractivity contribution in [3.8, 4) is 11.5 Å². The highest BCUT2D eigenvalue weighted by Crippen LogP contribution is 2.31. The van der Waals surface area contributed by atoms with Crippen molar-refractivity contribution < 1.29 is 9.47 Å². The molecule has 1 unspecified atom stereocenters. The number of halogens is 1. The summed E-state index contributed by atoms with van der Waals surface area (Å²) < 4.78 is 13.9. The Hall–Kier alpha value is -1.68. The quantitative estimate of drug-likeness (QED) is 0.848. The minimum Gasteiger partial charge on any atom is -0.486 e. The summed E-state index contributed by atoms with van der Waals surface area (Å²) in [6, 6.07) is 7.81. The Bertz CT molecular complexity index is 571. The smallest absolute Gasteiger partial charge is 0.161 e. The summed E-state index contributed by atoms with van der Waals surface area (Å²) in [6.45, 7) is 3.80. The Kier molecular flexibility index (Phi) is 5.51. The van der Waals surface area contributed by atoms with E-state index in [1.165, 1.54) is 12.8 Å². The van der Waals surface area contributed by atoms with Gasteiger partial charge in [0.05, 0.1) is 0 Å². The molecule has 0 N–H and O–H groups in total. The van der Waals surface area contributed by atoms with Gasteiger partial charge in [-0.25, -0.2) is 4.98 Å². The molecule has 4 nitrogen and oxygen atoms in total. The molecule has 2 heterocycles. The first-order valence-electron chi connectivity index (χ1n) is 7.25. The third kappa shape index (κ3) is 3.70. The zero-order chi connectivity index (χ0) is 13.8. The molecule has 0 amide bonds. The van der Waals surface area contributed by atoms with Crippen LogP contribution in [-0.4, -0.2) is 22.3 Å². The van der Waals surface area contributed by atoms with E-state index in [0.29, 0.717) is 6.61 Å². The molecule has 0 aliphatic carbocycles. The van der Waals surface area contributed by atoms with Crippen LogP contribution in [0.3, 0.4) is 0 Å². The average molecular weight is 309 g/mol. The van der Waals surface area contributed by atoms with Crippen LogP contribution in [0.1, 0.15) is 25.6 Å². The summed E-state index contributed by atoms with van der Waals surface area (Å²) in [5.41, 5.74) is 0. The van der Waals surface area contributed by atoms with Crippen LogP contribution in [0, 0.1) is 0 Å². The summed E-state index contributed by atoms with van der Waals surface area (Å²) in [5.74, 6) is 2.74. The predicted molar refractivity (Wildman–Crippen MR) is 84.4 cm³/mol. The van der Waals surface area contributed by atoms with Gasteiger partial charge in [0.1, 0.15) is 18.5 Å². The molecule has 1 aromatic heterocycles. The van der Waals surface area contributed by atoms with Crippen molar-refractivity contribution in [1.29, 1.82) is 0 Å². The average Bonchev–Trinajstić information content (AvgIpc) is 2.92. The van der Waals surface area contributed by atoms with E-state index >= 15 is 0 Å². The lowest BCUT2D eigenvalue weighted by molar-refractivity contribution is 0.0892. The fraction of sp³-hybridized carbons (Fsp3) is 0.438. The van der Waals surface area contributed by atoms with E-state index in [1.54, 1.807) is 0 Å². The van der Waals surface area contributed by atoms with Crippen LogP contribution >= 0.6 is 12.4 Å². The fourth-order valence-electron chi connectivity index (χ4n) is 2.43. The van der Waals surface area contributed by atoms with E-state index in [4.69, 9.17) is 9.47 Å². The fourth-order valence-corrected chi connectivity index (χ4v) is 2.43. The zero-order valence-electron chi connectivity index (χ0n) is 12.2. The number of fused-ring (bicyclic) bond motifs is 1. The maximum atomic E-state index is 5.99. The first-order valence-corrected chi connectivity index (χ1v) is 7.25. The number of ether oxygens (including phenoxy) is 2.